The molecule has 1 aliphatic heterocycles. The van der Waals surface area contributed by atoms with Gasteiger partial charge in [-0.15, -0.1) is 0 Å². The van der Waals surface area contributed by atoms with Crippen LogP contribution in [0.25, 0.3) is 0 Å². The fourth-order valence-corrected chi connectivity index (χ4v) is 2.59. The molecule has 1 amide bonds. The molecule has 4 heteroatoms. The maximum absolute atomic E-state index is 11.9. The molecule has 15 heavy (non-hydrogen) atoms. The highest BCUT2D eigenvalue weighted by atomic mass is 16.4. The number of carbonyl (C=O) groups excluding carboxylic acids is 1. The summed E-state index contributed by atoms with van der Waals surface area (Å²) in [4.78, 5) is 24.4. The Morgan fingerprint density at radius 3 is 2.27 bits per heavy atom. The molecule has 0 radical (unpaired) electrons. The van der Waals surface area contributed by atoms with Crippen molar-refractivity contribution in [2.75, 3.05) is 13.1 Å². The smallest absolute Gasteiger partial charge is 0.308 e. The molecule has 1 N–H and O–H groups in total. The molecule has 4 nitrogen and oxygen atoms in total. The SMILES string of the molecule is O=C(O)[C@H]1CCN(C(=O)C2CCCC2)C1. The third-order valence-electron chi connectivity index (χ3n) is 3.55. The Kier molecular flexibility index (Phi) is 2.93. The van der Waals surface area contributed by atoms with E-state index in [0.29, 0.717) is 19.5 Å². The third kappa shape index (κ3) is 2.13. The number of aliphatic carboxylic acids is 1. The van der Waals surface area contributed by atoms with Crippen molar-refractivity contribution in [3.05, 3.63) is 0 Å². The molecule has 2 aliphatic rings. The molecule has 0 unspecified atom stereocenters. The zero-order valence-corrected chi connectivity index (χ0v) is 8.82. The minimum absolute atomic E-state index is 0.178. The summed E-state index contributed by atoms with van der Waals surface area (Å²) in [6.45, 7) is 1.05. The summed E-state index contributed by atoms with van der Waals surface area (Å²) >= 11 is 0. The average molecular weight is 211 g/mol. The van der Waals surface area contributed by atoms with Gasteiger partial charge in [0.15, 0.2) is 0 Å². The molecule has 1 saturated heterocycles. The lowest BCUT2D eigenvalue weighted by molar-refractivity contribution is -0.141. The van der Waals surface area contributed by atoms with E-state index in [4.69, 9.17) is 5.11 Å². The van der Waals surface area contributed by atoms with E-state index in [1.807, 2.05) is 0 Å². The van der Waals surface area contributed by atoms with Crippen molar-refractivity contribution in [3.63, 3.8) is 0 Å². The Balaban J connectivity index is 1.89. The number of carboxylic acid groups (broad SMARTS) is 1. The molecule has 1 aliphatic carbocycles. The van der Waals surface area contributed by atoms with Crippen molar-refractivity contribution in [1.29, 1.82) is 0 Å². The highest BCUT2D eigenvalue weighted by molar-refractivity contribution is 5.81. The maximum atomic E-state index is 11.9. The van der Waals surface area contributed by atoms with Gasteiger partial charge in [0, 0.05) is 19.0 Å². The molecule has 2 rings (SSSR count). The van der Waals surface area contributed by atoms with Gasteiger partial charge in [0.1, 0.15) is 0 Å². The fraction of sp³-hybridized carbons (Fsp3) is 0.818. The van der Waals surface area contributed by atoms with Gasteiger partial charge < -0.3 is 10.0 Å². The first-order valence-electron chi connectivity index (χ1n) is 5.70. The van der Waals surface area contributed by atoms with E-state index < -0.39 is 5.97 Å². The highest BCUT2D eigenvalue weighted by Crippen LogP contribution is 2.28. The van der Waals surface area contributed by atoms with Crippen LogP contribution in [-0.4, -0.2) is 35.0 Å². The van der Waals surface area contributed by atoms with Gasteiger partial charge in [0.25, 0.3) is 0 Å². The van der Waals surface area contributed by atoms with Gasteiger partial charge in [-0.3, -0.25) is 9.59 Å². The summed E-state index contributed by atoms with van der Waals surface area (Å²) in [5, 5.41) is 8.84. The van der Waals surface area contributed by atoms with Crippen LogP contribution in [0.2, 0.25) is 0 Å². The molecule has 2 fully saturated rings. The lowest BCUT2D eigenvalue weighted by atomic mass is 10.1. The average Bonchev–Trinajstić information content (AvgIpc) is 2.88. The number of nitrogens with zero attached hydrogens (tertiary/aromatic N) is 1. The number of amides is 1. The van der Waals surface area contributed by atoms with Gasteiger partial charge in [-0.25, -0.2) is 0 Å². The Labute approximate surface area is 89.3 Å². The first kappa shape index (κ1) is 10.5. The number of carbonyl (C=O) groups is 2. The van der Waals surface area contributed by atoms with Crippen molar-refractivity contribution < 1.29 is 14.7 Å². The number of carboxylic acids is 1. The monoisotopic (exact) mass is 211 g/mol. The molecule has 1 saturated carbocycles. The molecule has 0 aromatic rings. The number of hydrogen-bond acceptors (Lipinski definition) is 2. The van der Waals surface area contributed by atoms with Gasteiger partial charge in [0.2, 0.25) is 5.91 Å². The summed E-state index contributed by atoms with van der Waals surface area (Å²) in [7, 11) is 0. The van der Waals surface area contributed by atoms with E-state index in [0.717, 1.165) is 25.7 Å². The van der Waals surface area contributed by atoms with Crippen LogP contribution in [0, 0.1) is 11.8 Å². The minimum Gasteiger partial charge on any atom is -0.481 e. The molecular formula is C11H17NO3. The second-order valence-corrected chi connectivity index (χ2v) is 4.59. The summed E-state index contributed by atoms with van der Waals surface area (Å²) in [5.74, 6) is -0.735. The van der Waals surface area contributed by atoms with Crippen LogP contribution in [0.15, 0.2) is 0 Å². The standard InChI is InChI=1S/C11H17NO3/c13-10(8-3-1-2-4-8)12-6-5-9(7-12)11(14)15/h8-9H,1-7H2,(H,14,15)/t9-/m0/s1. The zero-order valence-electron chi connectivity index (χ0n) is 8.82. The van der Waals surface area contributed by atoms with E-state index in [-0.39, 0.29) is 17.7 Å². The van der Waals surface area contributed by atoms with Crippen molar-refractivity contribution in [1.82, 2.24) is 4.90 Å². The van der Waals surface area contributed by atoms with E-state index >= 15 is 0 Å². The van der Waals surface area contributed by atoms with Gasteiger partial charge in [-0.1, -0.05) is 12.8 Å². The van der Waals surface area contributed by atoms with Crippen LogP contribution < -0.4 is 0 Å². The molecule has 1 atom stereocenters. The predicted molar refractivity (Wildman–Crippen MR) is 54.3 cm³/mol. The highest BCUT2D eigenvalue weighted by Gasteiger charge is 2.34. The predicted octanol–water partition coefficient (Wildman–Crippen LogP) is 1.11. The zero-order chi connectivity index (χ0) is 10.8. The Morgan fingerprint density at radius 1 is 1.07 bits per heavy atom. The molecular weight excluding hydrogens is 194 g/mol. The van der Waals surface area contributed by atoms with Crippen LogP contribution in [-0.2, 0) is 9.59 Å². The van der Waals surface area contributed by atoms with Crippen LogP contribution in [0.5, 0.6) is 0 Å². The molecule has 84 valence electrons. The summed E-state index contributed by atoms with van der Waals surface area (Å²) in [6.07, 6.45) is 4.90. The van der Waals surface area contributed by atoms with Gasteiger partial charge >= 0.3 is 5.97 Å². The molecule has 0 aromatic heterocycles. The first-order chi connectivity index (χ1) is 7.18. The second kappa shape index (κ2) is 4.21. The van der Waals surface area contributed by atoms with Crippen molar-refractivity contribution in [3.8, 4) is 0 Å². The quantitative estimate of drug-likeness (QED) is 0.744. The number of rotatable bonds is 2. The number of likely N-dealkylation sites (tertiary alicyclic amines) is 1. The lowest BCUT2D eigenvalue weighted by Gasteiger charge is -2.19. The second-order valence-electron chi connectivity index (χ2n) is 4.59. The Bertz CT molecular complexity index is 271. The van der Waals surface area contributed by atoms with Crippen LogP contribution in [0.4, 0.5) is 0 Å². The van der Waals surface area contributed by atoms with Crippen LogP contribution in [0.1, 0.15) is 32.1 Å². The van der Waals surface area contributed by atoms with E-state index in [2.05, 4.69) is 0 Å². The van der Waals surface area contributed by atoms with Crippen molar-refractivity contribution in [2.45, 2.75) is 32.1 Å². The Hall–Kier alpha value is -1.06. The minimum atomic E-state index is -0.767. The molecule has 1 heterocycles. The Morgan fingerprint density at radius 2 is 1.73 bits per heavy atom. The van der Waals surface area contributed by atoms with Gasteiger partial charge in [-0.05, 0) is 19.3 Å². The summed E-state index contributed by atoms with van der Waals surface area (Å²) in [6, 6.07) is 0. The summed E-state index contributed by atoms with van der Waals surface area (Å²) in [5.41, 5.74) is 0. The van der Waals surface area contributed by atoms with E-state index in [1.54, 1.807) is 4.90 Å². The largest absolute Gasteiger partial charge is 0.481 e. The molecule has 0 bridgehead atoms. The fourth-order valence-electron chi connectivity index (χ4n) is 2.59. The lowest BCUT2D eigenvalue weighted by Crippen LogP contribution is -2.34. The normalized spacial score (nSPS) is 27.2. The van der Waals surface area contributed by atoms with Gasteiger partial charge in [0.05, 0.1) is 5.92 Å². The van der Waals surface area contributed by atoms with Crippen LogP contribution in [0.3, 0.4) is 0 Å². The number of hydrogen-bond donors (Lipinski definition) is 1. The third-order valence-corrected chi connectivity index (χ3v) is 3.55. The summed E-state index contributed by atoms with van der Waals surface area (Å²) < 4.78 is 0. The van der Waals surface area contributed by atoms with E-state index in [1.165, 1.54) is 0 Å². The molecule has 0 aromatic carbocycles. The van der Waals surface area contributed by atoms with Crippen molar-refractivity contribution in [2.24, 2.45) is 11.8 Å². The van der Waals surface area contributed by atoms with Gasteiger partial charge in [-0.2, -0.15) is 0 Å². The maximum Gasteiger partial charge on any atom is 0.308 e. The van der Waals surface area contributed by atoms with Crippen molar-refractivity contribution >= 4 is 11.9 Å². The first-order valence-corrected chi connectivity index (χ1v) is 5.70. The topological polar surface area (TPSA) is 57.6 Å². The van der Waals surface area contributed by atoms with Crippen LogP contribution >= 0.6 is 0 Å². The molecule has 0 spiro atoms. The van der Waals surface area contributed by atoms with E-state index in [9.17, 15) is 9.59 Å².